The van der Waals surface area contributed by atoms with Crippen molar-refractivity contribution < 1.29 is 15.0 Å². The van der Waals surface area contributed by atoms with E-state index in [9.17, 15) is 4.79 Å². The lowest BCUT2D eigenvalue weighted by molar-refractivity contribution is 0.0696. The molecule has 0 radical (unpaired) electrons. The van der Waals surface area contributed by atoms with E-state index in [1.807, 2.05) is 0 Å². The summed E-state index contributed by atoms with van der Waals surface area (Å²) >= 11 is 0. The number of hydrogen-bond acceptors (Lipinski definition) is 4. The van der Waals surface area contributed by atoms with Crippen LogP contribution in [0.25, 0.3) is 0 Å². The van der Waals surface area contributed by atoms with Gasteiger partial charge in [-0.15, -0.1) is 0 Å². The molecule has 1 aromatic heterocycles. The third-order valence-corrected chi connectivity index (χ3v) is 1.87. The molecular weight excluding hydrogens is 184 g/mol. The molecule has 14 heavy (non-hydrogen) atoms. The number of carboxylic acids is 1. The Hall–Kier alpha value is -1.46. The number of pyridine rings is 1. The Kier molecular flexibility index (Phi) is 3.55. The van der Waals surface area contributed by atoms with Crippen molar-refractivity contribution in [1.29, 1.82) is 0 Å². The van der Waals surface area contributed by atoms with E-state index in [1.54, 1.807) is 0 Å². The molecule has 0 amide bonds. The molecule has 1 rings (SSSR count). The van der Waals surface area contributed by atoms with Crippen LogP contribution in [0.4, 0.5) is 0 Å². The number of aromatic carboxylic acids is 1. The molecular formula is C9H12N2O3. The van der Waals surface area contributed by atoms with Gasteiger partial charge in [0.2, 0.25) is 0 Å². The number of carboxylic acid groups (broad SMARTS) is 1. The predicted molar refractivity (Wildman–Crippen MR) is 49.8 cm³/mol. The summed E-state index contributed by atoms with van der Waals surface area (Å²) < 4.78 is 0. The lowest BCUT2D eigenvalue weighted by Crippen LogP contribution is -2.13. The van der Waals surface area contributed by atoms with Crippen LogP contribution in [-0.4, -0.2) is 27.8 Å². The van der Waals surface area contributed by atoms with Crippen LogP contribution >= 0.6 is 0 Å². The standard InChI is InChI=1S/C9H12N2O3/c10-8(1-2-12)6-3-7(9(13)14)5-11-4-6/h3-5,8,12H,1-2,10H2,(H,13,14). The first kappa shape index (κ1) is 10.6. The van der Waals surface area contributed by atoms with Gasteiger partial charge in [0.05, 0.1) is 5.56 Å². The molecule has 76 valence electrons. The van der Waals surface area contributed by atoms with Gasteiger partial charge in [-0.2, -0.15) is 0 Å². The number of carbonyl (C=O) groups is 1. The van der Waals surface area contributed by atoms with Gasteiger partial charge in [0.15, 0.2) is 0 Å². The van der Waals surface area contributed by atoms with Gasteiger partial charge in [-0.05, 0) is 18.1 Å². The average Bonchev–Trinajstić information content (AvgIpc) is 2.18. The van der Waals surface area contributed by atoms with E-state index in [0.29, 0.717) is 12.0 Å². The predicted octanol–water partition coefficient (Wildman–Crippen LogP) is 0.162. The van der Waals surface area contributed by atoms with Crippen LogP contribution in [0.15, 0.2) is 18.5 Å². The van der Waals surface area contributed by atoms with Crippen LogP contribution in [0.1, 0.15) is 28.4 Å². The zero-order valence-corrected chi connectivity index (χ0v) is 7.55. The summed E-state index contributed by atoms with van der Waals surface area (Å²) in [6.45, 7) is -0.0293. The maximum Gasteiger partial charge on any atom is 0.337 e. The van der Waals surface area contributed by atoms with Gasteiger partial charge in [0, 0.05) is 25.0 Å². The molecule has 0 saturated heterocycles. The van der Waals surface area contributed by atoms with Crippen molar-refractivity contribution in [2.24, 2.45) is 5.73 Å². The molecule has 5 nitrogen and oxygen atoms in total. The smallest absolute Gasteiger partial charge is 0.337 e. The highest BCUT2D eigenvalue weighted by Crippen LogP contribution is 2.13. The fourth-order valence-corrected chi connectivity index (χ4v) is 1.08. The number of nitrogens with two attached hydrogens (primary N) is 1. The van der Waals surface area contributed by atoms with E-state index in [0.717, 1.165) is 0 Å². The summed E-state index contributed by atoms with van der Waals surface area (Å²) in [5.41, 5.74) is 6.41. The lowest BCUT2D eigenvalue weighted by atomic mass is 10.1. The lowest BCUT2D eigenvalue weighted by Gasteiger charge is -2.09. The second-order valence-electron chi connectivity index (χ2n) is 2.93. The third kappa shape index (κ3) is 2.51. The van der Waals surface area contributed by atoms with Gasteiger partial charge >= 0.3 is 5.97 Å². The average molecular weight is 196 g/mol. The highest BCUT2D eigenvalue weighted by molar-refractivity contribution is 5.87. The summed E-state index contributed by atoms with van der Waals surface area (Å²) in [6.07, 6.45) is 3.16. The van der Waals surface area contributed by atoms with Crippen LogP contribution in [0.3, 0.4) is 0 Å². The zero-order chi connectivity index (χ0) is 10.6. The molecule has 0 aliphatic carbocycles. The van der Waals surface area contributed by atoms with Gasteiger partial charge in [0.1, 0.15) is 0 Å². The molecule has 1 aromatic rings. The second kappa shape index (κ2) is 4.69. The van der Waals surface area contributed by atoms with Crippen LogP contribution in [-0.2, 0) is 0 Å². The minimum atomic E-state index is -1.03. The summed E-state index contributed by atoms with van der Waals surface area (Å²) in [7, 11) is 0. The van der Waals surface area contributed by atoms with E-state index in [-0.39, 0.29) is 18.2 Å². The Labute approximate surface area is 81.2 Å². The van der Waals surface area contributed by atoms with Crippen molar-refractivity contribution in [1.82, 2.24) is 4.98 Å². The molecule has 0 aliphatic heterocycles. The molecule has 0 aromatic carbocycles. The van der Waals surface area contributed by atoms with Crippen LogP contribution in [0.5, 0.6) is 0 Å². The van der Waals surface area contributed by atoms with Crippen molar-refractivity contribution in [3.8, 4) is 0 Å². The van der Waals surface area contributed by atoms with Crippen molar-refractivity contribution in [2.45, 2.75) is 12.5 Å². The van der Waals surface area contributed by atoms with E-state index < -0.39 is 5.97 Å². The monoisotopic (exact) mass is 196 g/mol. The fourth-order valence-electron chi connectivity index (χ4n) is 1.08. The third-order valence-electron chi connectivity index (χ3n) is 1.87. The Balaban J connectivity index is 2.87. The van der Waals surface area contributed by atoms with E-state index in [2.05, 4.69) is 4.98 Å². The summed E-state index contributed by atoms with van der Waals surface area (Å²) in [6, 6.07) is 1.10. The number of aliphatic hydroxyl groups is 1. The van der Waals surface area contributed by atoms with Gasteiger partial charge < -0.3 is 15.9 Å². The van der Waals surface area contributed by atoms with Gasteiger partial charge in [0.25, 0.3) is 0 Å². The Bertz CT molecular complexity index is 328. The molecule has 0 fully saturated rings. The summed E-state index contributed by atoms with van der Waals surface area (Å²) in [5.74, 6) is -1.03. The number of aromatic nitrogens is 1. The largest absolute Gasteiger partial charge is 0.478 e. The summed E-state index contributed by atoms with van der Waals surface area (Å²) in [4.78, 5) is 14.4. The maximum atomic E-state index is 10.6. The molecule has 0 bridgehead atoms. The summed E-state index contributed by atoms with van der Waals surface area (Å²) in [5, 5.41) is 17.4. The first-order valence-corrected chi connectivity index (χ1v) is 4.20. The number of aliphatic hydroxyl groups excluding tert-OH is 1. The van der Waals surface area contributed by atoms with Crippen LogP contribution in [0, 0.1) is 0 Å². The zero-order valence-electron chi connectivity index (χ0n) is 7.55. The van der Waals surface area contributed by atoms with E-state index >= 15 is 0 Å². The van der Waals surface area contributed by atoms with Gasteiger partial charge in [-0.1, -0.05) is 0 Å². The number of rotatable bonds is 4. The highest BCUT2D eigenvalue weighted by atomic mass is 16.4. The molecule has 0 spiro atoms. The van der Waals surface area contributed by atoms with E-state index in [1.165, 1.54) is 18.5 Å². The highest BCUT2D eigenvalue weighted by Gasteiger charge is 2.09. The Morgan fingerprint density at radius 3 is 2.86 bits per heavy atom. The maximum absolute atomic E-state index is 10.6. The van der Waals surface area contributed by atoms with Crippen LogP contribution in [0.2, 0.25) is 0 Å². The molecule has 1 heterocycles. The van der Waals surface area contributed by atoms with Gasteiger partial charge in [-0.3, -0.25) is 4.98 Å². The Morgan fingerprint density at radius 1 is 1.57 bits per heavy atom. The van der Waals surface area contributed by atoms with E-state index in [4.69, 9.17) is 15.9 Å². The minimum absolute atomic E-state index is 0.0293. The number of nitrogens with zero attached hydrogens (tertiary/aromatic N) is 1. The van der Waals surface area contributed by atoms with Crippen molar-refractivity contribution in [3.63, 3.8) is 0 Å². The molecule has 0 saturated carbocycles. The molecule has 0 aliphatic rings. The quantitative estimate of drug-likeness (QED) is 0.637. The SMILES string of the molecule is NC(CCO)c1cncc(C(=O)O)c1. The normalized spacial score (nSPS) is 12.4. The Morgan fingerprint density at radius 2 is 2.29 bits per heavy atom. The van der Waals surface area contributed by atoms with Crippen molar-refractivity contribution >= 4 is 5.97 Å². The van der Waals surface area contributed by atoms with Crippen molar-refractivity contribution in [2.75, 3.05) is 6.61 Å². The topological polar surface area (TPSA) is 96.4 Å². The van der Waals surface area contributed by atoms with Crippen LogP contribution < -0.4 is 5.73 Å². The number of hydrogen-bond donors (Lipinski definition) is 3. The minimum Gasteiger partial charge on any atom is -0.478 e. The molecule has 1 unspecified atom stereocenters. The fraction of sp³-hybridized carbons (Fsp3) is 0.333. The first-order valence-electron chi connectivity index (χ1n) is 4.20. The van der Waals surface area contributed by atoms with Crippen molar-refractivity contribution in [3.05, 3.63) is 29.6 Å². The van der Waals surface area contributed by atoms with Gasteiger partial charge in [-0.25, -0.2) is 4.79 Å². The molecule has 5 heteroatoms. The molecule has 4 N–H and O–H groups in total. The first-order chi connectivity index (χ1) is 6.65. The second-order valence-corrected chi connectivity index (χ2v) is 2.93. The molecule has 1 atom stereocenters.